The summed E-state index contributed by atoms with van der Waals surface area (Å²) < 4.78 is 39.0. The molecule has 0 saturated heterocycles. The third-order valence-corrected chi connectivity index (χ3v) is 8.96. The highest BCUT2D eigenvalue weighted by atomic mass is 32.2. The van der Waals surface area contributed by atoms with E-state index in [1.807, 2.05) is 23.1 Å². The Hall–Kier alpha value is -4.72. The number of hydrogen-bond donors (Lipinski definition) is 0. The molecule has 1 aliphatic rings. The molecule has 0 aliphatic carbocycles. The molecule has 0 bridgehead atoms. The molecule has 0 unspecified atom stereocenters. The lowest BCUT2D eigenvalue weighted by Crippen LogP contribution is -2.02. The Bertz CT molecular complexity index is 1760. The zero-order chi connectivity index (χ0) is 32.2. The number of thioether (sulfide) groups is 1. The van der Waals surface area contributed by atoms with Crippen molar-refractivity contribution in [1.29, 1.82) is 0 Å². The van der Waals surface area contributed by atoms with Gasteiger partial charge in [0.1, 0.15) is 0 Å². The van der Waals surface area contributed by atoms with E-state index in [2.05, 4.69) is 176 Å². The lowest BCUT2D eigenvalue weighted by molar-refractivity contribution is 0.368. The quantitative estimate of drug-likeness (QED) is 0.0733. The van der Waals surface area contributed by atoms with E-state index in [0.717, 1.165) is 0 Å². The largest absolute Gasteiger partial charge is 0.673 e. The van der Waals surface area contributed by atoms with Gasteiger partial charge < -0.3 is 17.3 Å². The topological polar surface area (TPSA) is 0 Å². The monoisotopic (exact) mass is 648 g/mol. The van der Waals surface area contributed by atoms with Gasteiger partial charge in [-0.2, -0.15) is 0 Å². The van der Waals surface area contributed by atoms with Crippen LogP contribution in [-0.4, -0.2) is 7.25 Å². The van der Waals surface area contributed by atoms with Crippen LogP contribution >= 0.6 is 23.1 Å². The molecule has 0 amide bonds. The number of hydrogen-bond acceptors (Lipinski definition) is 1. The molecule has 1 aromatic heterocycles. The lowest BCUT2D eigenvalue weighted by Gasteiger charge is -2.17. The van der Waals surface area contributed by atoms with Gasteiger partial charge in [0.2, 0.25) is 21.1 Å². The summed E-state index contributed by atoms with van der Waals surface area (Å²) >= 11 is 3.65. The molecule has 1 aliphatic heterocycles. The van der Waals surface area contributed by atoms with Crippen molar-refractivity contribution in [2.45, 2.75) is 0 Å². The molecular weight excluding hydrogens is 619 g/mol. The third kappa shape index (κ3) is 10.2. The van der Waals surface area contributed by atoms with Crippen LogP contribution in [-0.2, 0) is 0 Å². The molecular formula is C39H29BF4S2. The maximum Gasteiger partial charge on any atom is 0.673 e. The Labute approximate surface area is 275 Å². The molecule has 2 heterocycles. The van der Waals surface area contributed by atoms with Crippen molar-refractivity contribution < 1.29 is 17.3 Å². The van der Waals surface area contributed by atoms with E-state index in [9.17, 15) is 17.3 Å². The number of halogens is 4. The molecule has 0 atom stereocenters. The summed E-state index contributed by atoms with van der Waals surface area (Å²) in [5, 5.41) is 0. The molecule has 0 nitrogen and oxygen atoms in total. The molecule has 4 aromatic carbocycles. The van der Waals surface area contributed by atoms with Crippen LogP contribution in [0.1, 0.15) is 16.7 Å². The first-order chi connectivity index (χ1) is 22.3. The van der Waals surface area contributed by atoms with Crippen LogP contribution in [0.15, 0.2) is 175 Å². The second-order valence-corrected chi connectivity index (χ2v) is 12.3. The summed E-state index contributed by atoms with van der Waals surface area (Å²) in [5.74, 6) is 0. The first-order valence-corrected chi connectivity index (χ1v) is 16.2. The Balaban J connectivity index is 0.000000775. The average Bonchev–Trinajstić information content (AvgIpc) is 3.09. The van der Waals surface area contributed by atoms with Gasteiger partial charge in [-0.3, -0.25) is 0 Å². The minimum absolute atomic E-state index is 1.19. The molecule has 5 aromatic rings. The maximum atomic E-state index is 9.75. The van der Waals surface area contributed by atoms with Gasteiger partial charge in [0.25, 0.3) is 0 Å². The number of rotatable bonds is 7. The van der Waals surface area contributed by atoms with Crippen molar-refractivity contribution in [3.05, 3.63) is 192 Å². The fraction of sp³-hybridized carbons (Fsp3) is 0. The predicted molar refractivity (Wildman–Crippen MR) is 192 cm³/mol. The molecule has 46 heavy (non-hydrogen) atoms. The third-order valence-electron chi connectivity index (χ3n) is 6.66. The van der Waals surface area contributed by atoms with Gasteiger partial charge in [-0.15, -0.1) is 0 Å². The van der Waals surface area contributed by atoms with Crippen LogP contribution in [0.3, 0.4) is 0 Å². The Kier molecular flexibility index (Phi) is 11.4. The van der Waals surface area contributed by atoms with E-state index in [1.165, 1.54) is 53.0 Å². The molecule has 0 N–H and O–H groups in total. The minimum Gasteiger partial charge on any atom is -0.418 e. The summed E-state index contributed by atoms with van der Waals surface area (Å²) in [6, 6.07) is 47.0. The van der Waals surface area contributed by atoms with Gasteiger partial charge in [0, 0.05) is 33.1 Å². The normalized spacial score (nSPS) is 13.2. The predicted octanol–water partition coefficient (Wildman–Crippen LogP) is 13.0. The van der Waals surface area contributed by atoms with E-state index in [4.69, 9.17) is 0 Å². The Morgan fingerprint density at radius 1 is 0.500 bits per heavy atom. The van der Waals surface area contributed by atoms with Gasteiger partial charge in [-0.25, -0.2) is 0 Å². The average molecular weight is 649 g/mol. The SMILES string of the molecule is C(/C=C/C=C/c1cc(-c2ccccc2)[s+]c(-c2ccccc2)c1)=C1C=C(c2ccccc2)SC(c2ccccc2)=C1.F[B-](F)(F)F. The summed E-state index contributed by atoms with van der Waals surface area (Å²) in [6.07, 6.45) is 15.3. The van der Waals surface area contributed by atoms with Gasteiger partial charge in [0.15, 0.2) is 0 Å². The van der Waals surface area contributed by atoms with Crippen molar-refractivity contribution >= 4 is 46.2 Å². The Morgan fingerprint density at radius 3 is 1.30 bits per heavy atom. The summed E-state index contributed by atoms with van der Waals surface area (Å²) in [6.45, 7) is 0. The van der Waals surface area contributed by atoms with Crippen molar-refractivity contribution in [1.82, 2.24) is 0 Å². The summed E-state index contributed by atoms with van der Waals surface area (Å²) in [5.41, 5.74) is 7.32. The van der Waals surface area contributed by atoms with E-state index >= 15 is 0 Å². The second-order valence-electron chi connectivity index (χ2n) is 10.1. The molecule has 0 spiro atoms. The highest BCUT2D eigenvalue weighted by Crippen LogP contribution is 2.44. The van der Waals surface area contributed by atoms with Gasteiger partial charge in [0.05, 0.1) is 0 Å². The van der Waals surface area contributed by atoms with Crippen LogP contribution in [0, 0.1) is 0 Å². The van der Waals surface area contributed by atoms with Crippen LogP contribution in [0.25, 0.3) is 36.8 Å². The van der Waals surface area contributed by atoms with Crippen molar-refractivity contribution in [2.75, 3.05) is 0 Å². The zero-order valence-corrected chi connectivity index (χ0v) is 26.3. The standard InChI is InChI=1S/C39H29S2.BF4/c1(6-16-30-26-36(32-18-8-2-9-19-32)40-37(27-30)33-20-10-3-11-21-33)7-17-31-28-38(34-22-12-4-13-23-34)41-39(29-31)35-24-14-5-15-25-35;2-1(3,4)5/h1-29H;/q+1;-1. The second kappa shape index (κ2) is 16.0. The fourth-order valence-corrected chi connectivity index (χ4v) is 6.88. The lowest BCUT2D eigenvalue weighted by atomic mass is 10.1. The minimum atomic E-state index is -6.00. The van der Waals surface area contributed by atoms with E-state index < -0.39 is 7.25 Å². The van der Waals surface area contributed by atoms with Crippen molar-refractivity contribution in [2.24, 2.45) is 0 Å². The van der Waals surface area contributed by atoms with E-state index in [0.29, 0.717) is 0 Å². The van der Waals surface area contributed by atoms with E-state index in [-0.39, 0.29) is 0 Å². The van der Waals surface area contributed by atoms with E-state index in [1.54, 1.807) is 0 Å². The molecule has 0 fully saturated rings. The number of benzene rings is 4. The summed E-state index contributed by atoms with van der Waals surface area (Å²) in [7, 11) is -6.00. The molecule has 228 valence electrons. The molecule has 0 saturated carbocycles. The first kappa shape index (κ1) is 32.7. The smallest absolute Gasteiger partial charge is 0.418 e. The van der Waals surface area contributed by atoms with Gasteiger partial charge in [-0.1, -0.05) is 139 Å². The highest BCUT2D eigenvalue weighted by molar-refractivity contribution is 8.16. The highest BCUT2D eigenvalue weighted by Gasteiger charge is 2.21. The van der Waals surface area contributed by atoms with Crippen LogP contribution in [0.5, 0.6) is 0 Å². The first-order valence-electron chi connectivity index (χ1n) is 14.6. The van der Waals surface area contributed by atoms with Crippen molar-refractivity contribution in [3.63, 3.8) is 0 Å². The number of allylic oxidation sites excluding steroid dienone is 7. The van der Waals surface area contributed by atoms with Crippen LogP contribution in [0.4, 0.5) is 17.3 Å². The molecule has 0 radical (unpaired) electrons. The maximum absolute atomic E-state index is 9.75. The van der Waals surface area contributed by atoms with Crippen LogP contribution < -0.4 is 0 Å². The zero-order valence-electron chi connectivity index (χ0n) is 24.6. The van der Waals surface area contributed by atoms with Gasteiger partial charge >= 0.3 is 7.25 Å². The van der Waals surface area contributed by atoms with Gasteiger partial charge in [-0.05, 0) is 58.7 Å². The Morgan fingerprint density at radius 2 is 0.891 bits per heavy atom. The molecule has 6 rings (SSSR count). The van der Waals surface area contributed by atoms with Crippen molar-refractivity contribution in [3.8, 4) is 20.9 Å². The van der Waals surface area contributed by atoms with Crippen LogP contribution in [0.2, 0.25) is 0 Å². The summed E-state index contributed by atoms with van der Waals surface area (Å²) in [4.78, 5) is 5.04. The molecule has 7 heteroatoms. The fourth-order valence-electron chi connectivity index (χ4n) is 4.61.